The zero-order valence-corrected chi connectivity index (χ0v) is 18.5. The minimum Gasteiger partial charge on any atom is -1.00 e. The number of rotatable bonds is 0. The van der Waals surface area contributed by atoms with E-state index in [1.54, 1.807) is 0 Å². The van der Waals surface area contributed by atoms with Crippen LogP contribution in [0.25, 0.3) is 0 Å². The quantitative estimate of drug-likeness (QED) is 0.291. The summed E-state index contributed by atoms with van der Waals surface area (Å²) in [4.78, 5) is 21.6. The maximum atomic E-state index is 8.88. The molecule has 0 aromatic carbocycles. The first kappa shape index (κ1) is 29.4. The molecule has 0 aliphatic rings. The van der Waals surface area contributed by atoms with Crippen LogP contribution in [0.3, 0.4) is 0 Å². The monoisotopic (exact) mass is 242 g/mol. The van der Waals surface area contributed by atoms with Gasteiger partial charge in [-0.1, -0.05) is 0 Å². The third-order valence-corrected chi connectivity index (χ3v) is 0. The van der Waals surface area contributed by atoms with Crippen LogP contribution in [-0.4, -0.2) is 14.7 Å². The minimum absolute atomic E-state index is 0. The Morgan fingerprint density at radius 3 is 1.00 bits per heavy atom. The Kier molecular flexibility index (Phi) is 53.7. The molecule has 0 saturated heterocycles. The van der Waals surface area contributed by atoms with Gasteiger partial charge in [0.1, 0.15) is 0 Å². The zero-order chi connectivity index (χ0) is 4.50. The zero-order valence-electron chi connectivity index (χ0n) is 10.2. The first-order chi connectivity index (χ1) is 2.00. The normalized spacial score (nSPS) is 6.56. The van der Waals surface area contributed by atoms with E-state index in [4.69, 9.17) is 19.2 Å². The van der Waals surface area contributed by atoms with Crippen molar-refractivity contribution in [1.29, 1.82) is 0 Å². The Balaban J connectivity index is -0.00000000286. The first-order valence-electron chi connectivity index (χ1n) is 0.783. The second-order valence-corrected chi connectivity index (χ2v) is 1.54. The molecule has 0 atom stereocenters. The molecule has 0 saturated carbocycles. The van der Waals surface area contributed by atoms with Gasteiger partial charge in [-0.15, -0.1) is 0 Å². The van der Waals surface area contributed by atoms with Crippen LogP contribution in [0.15, 0.2) is 0 Å². The molecule has 0 aliphatic carbocycles. The number of phosphoric acid groups is 1. The molecule has 0 aromatic heterocycles. The second-order valence-electron chi connectivity index (χ2n) is 0.513. The van der Waals surface area contributed by atoms with Crippen molar-refractivity contribution >= 4 is 7.82 Å². The van der Waals surface area contributed by atoms with Gasteiger partial charge in [-0.05, 0) is 0 Å². The molecule has 3 N–H and O–H groups in total. The van der Waals surface area contributed by atoms with E-state index >= 15 is 0 Å². The SMILES string of the molecule is O=P(O)(O)O.[H-].[H-].[H-].[H-].[K+].[K+].[K+].[Na+]. The van der Waals surface area contributed by atoms with Crippen LogP contribution in [0.5, 0.6) is 0 Å². The van der Waals surface area contributed by atoms with Crippen LogP contribution in [0.2, 0.25) is 0 Å². The molecular weight excluding hydrogens is 235 g/mol. The van der Waals surface area contributed by atoms with Crippen LogP contribution >= 0.6 is 7.82 Å². The molecule has 40 valence electrons. The summed E-state index contributed by atoms with van der Waals surface area (Å²) in [7, 11) is -4.64. The van der Waals surface area contributed by atoms with Gasteiger partial charge < -0.3 is 20.4 Å². The fourth-order valence-electron chi connectivity index (χ4n) is 0. The topological polar surface area (TPSA) is 77.8 Å². The van der Waals surface area contributed by atoms with Crippen molar-refractivity contribution < 1.29 is 209 Å². The average molecular weight is 242 g/mol. The third-order valence-electron chi connectivity index (χ3n) is 0. The van der Waals surface area contributed by atoms with Crippen LogP contribution in [0.4, 0.5) is 0 Å². The minimum atomic E-state index is -4.64. The summed E-state index contributed by atoms with van der Waals surface area (Å²) in [6.07, 6.45) is 0. The third kappa shape index (κ3) is 55.9. The van der Waals surface area contributed by atoms with E-state index in [0.29, 0.717) is 0 Å². The molecule has 0 fully saturated rings. The summed E-state index contributed by atoms with van der Waals surface area (Å²) in [5.41, 5.74) is 0. The molecule has 4 nitrogen and oxygen atoms in total. The molecule has 0 bridgehead atoms. The van der Waals surface area contributed by atoms with Gasteiger partial charge in [0.15, 0.2) is 0 Å². The van der Waals surface area contributed by atoms with E-state index < -0.39 is 7.82 Å². The Labute approximate surface area is 209 Å². The van der Waals surface area contributed by atoms with Crippen LogP contribution in [-0.2, 0) is 4.57 Å². The number of hydrogen-bond donors (Lipinski definition) is 3. The summed E-state index contributed by atoms with van der Waals surface area (Å²) in [5, 5.41) is 0. The summed E-state index contributed by atoms with van der Waals surface area (Å²) in [5.74, 6) is 0. The van der Waals surface area contributed by atoms with Gasteiger partial charge in [0.05, 0.1) is 0 Å². The van der Waals surface area contributed by atoms with Gasteiger partial charge in [-0.2, -0.15) is 0 Å². The standard InChI is InChI=1S/3K.Na.H3O4P.4H/c;;;;1-5(2,3)4;;;;/h;;;;(H3,1,2,3,4);;;;/q4*+1;;4*-1. The predicted octanol–water partition coefficient (Wildman–Crippen LogP) is -12.5. The van der Waals surface area contributed by atoms with Crippen molar-refractivity contribution in [3.8, 4) is 0 Å². The molecule has 0 aromatic rings. The molecule has 0 radical (unpaired) electrons. The summed E-state index contributed by atoms with van der Waals surface area (Å²) in [6, 6.07) is 0. The molecule has 9 heteroatoms. The van der Waals surface area contributed by atoms with E-state index in [1.807, 2.05) is 0 Å². The van der Waals surface area contributed by atoms with E-state index in [1.165, 1.54) is 0 Å². The first-order valence-corrected chi connectivity index (χ1v) is 2.35. The van der Waals surface area contributed by atoms with E-state index in [-0.39, 0.29) is 189 Å². The van der Waals surface area contributed by atoms with Crippen molar-refractivity contribution in [2.24, 2.45) is 0 Å². The number of hydrogen-bond acceptors (Lipinski definition) is 1. The van der Waals surface area contributed by atoms with Crippen LogP contribution < -0.4 is 184 Å². The summed E-state index contributed by atoms with van der Waals surface area (Å²) < 4.78 is 8.88. The Hall–Kier alpha value is 6.02. The fraction of sp³-hybridized carbons (Fsp3) is 0. The smallest absolute Gasteiger partial charge is 1.00 e. The fourth-order valence-corrected chi connectivity index (χ4v) is 0. The van der Waals surface area contributed by atoms with E-state index in [9.17, 15) is 0 Å². The average Bonchev–Trinajstić information content (AvgIpc) is 0.722. The van der Waals surface area contributed by atoms with Crippen molar-refractivity contribution in [2.75, 3.05) is 0 Å². The van der Waals surface area contributed by atoms with Gasteiger partial charge in [-0.3, -0.25) is 0 Å². The largest absolute Gasteiger partial charge is 1.00 e. The maximum absolute atomic E-state index is 8.88. The van der Waals surface area contributed by atoms with Crippen molar-refractivity contribution in [1.82, 2.24) is 0 Å². The second kappa shape index (κ2) is 16.4. The summed E-state index contributed by atoms with van der Waals surface area (Å²) >= 11 is 0. The molecule has 0 heterocycles. The molecule has 0 aliphatic heterocycles. The van der Waals surface area contributed by atoms with Gasteiger partial charge in [0.2, 0.25) is 0 Å². The predicted molar refractivity (Wildman–Crippen MR) is 18.7 cm³/mol. The van der Waals surface area contributed by atoms with Gasteiger partial charge in [-0.25, -0.2) is 4.57 Å². The summed E-state index contributed by atoms with van der Waals surface area (Å²) in [6.45, 7) is 0. The molecule has 0 spiro atoms. The Morgan fingerprint density at radius 2 is 1.00 bits per heavy atom. The molecule has 0 rings (SSSR count). The van der Waals surface area contributed by atoms with Crippen LogP contribution in [0.1, 0.15) is 5.71 Å². The molecule has 9 heavy (non-hydrogen) atoms. The molecule has 0 amide bonds. The molecule has 0 unspecified atom stereocenters. The maximum Gasteiger partial charge on any atom is 1.00 e. The Morgan fingerprint density at radius 1 is 1.00 bits per heavy atom. The van der Waals surface area contributed by atoms with Crippen molar-refractivity contribution in [3.05, 3.63) is 0 Å². The Bertz CT molecular complexity index is 73.5. The van der Waals surface area contributed by atoms with Gasteiger partial charge in [0, 0.05) is 0 Å². The van der Waals surface area contributed by atoms with E-state index in [0.717, 1.165) is 0 Å². The van der Waals surface area contributed by atoms with Crippen LogP contribution in [0, 0.1) is 0 Å². The molecular formula is H7K3NaO4P. The van der Waals surface area contributed by atoms with E-state index in [2.05, 4.69) is 0 Å². The van der Waals surface area contributed by atoms with Gasteiger partial charge >= 0.3 is 192 Å². The van der Waals surface area contributed by atoms with Crippen molar-refractivity contribution in [2.45, 2.75) is 0 Å². The van der Waals surface area contributed by atoms with Crippen molar-refractivity contribution in [3.63, 3.8) is 0 Å². The van der Waals surface area contributed by atoms with Gasteiger partial charge in [0.25, 0.3) is 0 Å².